The quantitative estimate of drug-likeness (QED) is 0.320. The Hall–Kier alpha value is -0.260. The van der Waals surface area contributed by atoms with Crippen molar-refractivity contribution in [3.05, 3.63) is 12.2 Å². The molecule has 0 aromatic heterocycles. The van der Waals surface area contributed by atoms with Crippen molar-refractivity contribution in [1.29, 1.82) is 0 Å². The summed E-state index contributed by atoms with van der Waals surface area (Å²) in [6.45, 7) is 2.29. The minimum absolute atomic E-state index is 0.935. The highest BCUT2D eigenvalue weighted by molar-refractivity contribution is 4.95. The van der Waals surface area contributed by atoms with Crippen molar-refractivity contribution in [3.63, 3.8) is 0 Å². The van der Waals surface area contributed by atoms with Gasteiger partial charge in [0.25, 0.3) is 0 Å². The lowest BCUT2D eigenvalue weighted by atomic mass is 9.99. The maximum atomic E-state index is 2.44. The molecular formula is C16H30. The SMILES string of the molecule is CCCCCCCCCCCC1C=CCC1. The second kappa shape index (κ2) is 9.93. The summed E-state index contributed by atoms with van der Waals surface area (Å²) < 4.78 is 0. The fourth-order valence-corrected chi connectivity index (χ4v) is 2.65. The molecule has 0 aliphatic heterocycles. The minimum atomic E-state index is 0.935. The maximum absolute atomic E-state index is 2.44. The van der Waals surface area contributed by atoms with Gasteiger partial charge in [0, 0.05) is 0 Å². The average Bonchev–Trinajstić information content (AvgIpc) is 2.80. The molecule has 0 spiro atoms. The van der Waals surface area contributed by atoms with Gasteiger partial charge in [-0.05, 0) is 25.2 Å². The third-order valence-corrected chi connectivity index (χ3v) is 3.79. The van der Waals surface area contributed by atoms with Crippen LogP contribution in [0.15, 0.2) is 12.2 Å². The Morgan fingerprint density at radius 2 is 1.50 bits per heavy atom. The number of allylic oxidation sites excluding steroid dienone is 2. The van der Waals surface area contributed by atoms with Gasteiger partial charge in [0.1, 0.15) is 0 Å². The average molecular weight is 222 g/mol. The van der Waals surface area contributed by atoms with Gasteiger partial charge < -0.3 is 0 Å². The second-order valence-corrected chi connectivity index (χ2v) is 5.38. The van der Waals surface area contributed by atoms with Crippen LogP contribution in [-0.4, -0.2) is 0 Å². The zero-order valence-electron chi connectivity index (χ0n) is 11.2. The van der Waals surface area contributed by atoms with Crippen molar-refractivity contribution in [3.8, 4) is 0 Å². The minimum Gasteiger partial charge on any atom is -0.0882 e. The van der Waals surface area contributed by atoms with Gasteiger partial charge in [-0.1, -0.05) is 76.9 Å². The monoisotopic (exact) mass is 222 g/mol. The van der Waals surface area contributed by atoms with Crippen molar-refractivity contribution in [1.82, 2.24) is 0 Å². The summed E-state index contributed by atoms with van der Waals surface area (Å²) in [6.07, 6.45) is 22.1. The van der Waals surface area contributed by atoms with Gasteiger partial charge in [0.2, 0.25) is 0 Å². The molecule has 1 aliphatic rings. The lowest BCUT2D eigenvalue weighted by molar-refractivity contribution is 0.506. The highest BCUT2D eigenvalue weighted by atomic mass is 14.1. The molecule has 0 amide bonds. The van der Waals surface area contributed by atoms with E-state index in [1.807, 2.05) is 0 Å². The molecule has 1 aliphatic carbocycles. The van der Waals surface area contributed by atoms with E-state index in [4.69, 9.17) is 0 Å². The highest BCUT2D eigenvalue weighted by Crippen LogP contribution is 2.23. The van der Waals surface area contributed by atoms with Crippen LogP contribution in [0.2, 0.25) is 0 Å². The summed E-state index contributed by atoms with van der Waals surface area (Å²) in [5, 5.41) is 0. The molecule has 1 rings (SSSR count). The van der Waals surface area contributed by atoms with Gasteiger partial charge in [-0.15, -0.1) is 0 Å². The summed E-state index contributed by atoms with van der Waals surface area (Å²) in [5.74, 6) is 0.935. The third-order valence-electron chi connectivity index (χ3n) is 3.79. The Morgan fingerprint density at radius 1 is 0.875 bits per heavy atom. The van der Waals surface area contributed by atoms with Crippen molar-refractivity contribution in [2.24, 2.45) is 5.92 Å². The summed E-state index contributed by atoms with van der Waals surface area (Å²) in [4.78, 5) is 0. The first-order chi connectivity index (χ1) is 7.93. The first-order valence-electron chi connectivity index (χ1n) is 7.60. The molecule has 0 N–H and O–H groups in total. The van der Waals surface area contributed by atoms with E-state index in [-0.39, 0.29) is 0 Å². The Kier molecular flexibility index (Phi) is 8.57. The maximum Gasteiger partial charge on any atom is -0.0231 e. The van der Waals surface area contributed by atoms with E-state index in [2.05, 4.69) is 19.1 Å². The Bertz CT molecular complexity index is 169. The van der Waals surface area contributed by atoms with E-state index in [1.165, 1.54) is 77.0 Å². The van der Waals surface area contributed by atoms with Crippen LogP contribution in [0.5, 0.6) is 0 Å². The van der Waals surface area contributed by atoms with Gasteiger partial charge in [-0.3, -0.25) is 0 Å². The highest BCUT2D eigenvalue weighted by Gasteiger charge is 2.07. The van der Waals surface area contributed by atoms with Crippen molar-refractivity contribution in [2.45, 2.75) is 84.0 Å². The Balaban J connectivity index is 1.73. The first-order valence-corrected chi connectivity index (χ1v) is 7.60. The normalized spacial score (nSPS) is 19.4. The van der Waals surface area contributed by atoms with Gasteiger partial charge in [-0.25, -0.2) is 0 Å². The van der Waals surface area contributed by atoms with Gasteiger partial charge in [-0.2, -0.15) is 0 Å². The molecule has 0 saturated carbocycles. The number of hydrogen-bond acceptors (Lipinski definition) is 0. The smallest absolute Gasteiger partial charge is 0.0231 e. The van der Waals surface area contributed by atoms with E-state index in [0.717, 1.165) is 5.92 Å². The number of hydrogen-bond donors (Lipinski definition) is 0. The third kappa shape index (κ3) is 7.09. The standard InChI is InChI=1S/C16H30/c1-2-3-4-5-6-7-8-9-10-13-16-14-11-12-15-16/h11,14,16H,2-10,12-13,15H2,1H3. The van der Waals surface area contributed by atoms with E-state index >= 15 is 0 Å². The predicted octanol–water partition coefficient (Wildman–Crippen LogP) is 5.87. The number of rotatable bonds is 10. The van der Waals surface area contributed by atoms with Crippen LogP contribution in [0, 0.1) is 5.92 Å². The zero-order valence-corrected chi connectivity index (χ0v) is 11.2. The summed E-state index contributed by atoms with van der Waals surface area (Å²) in [5.41, 5.74) is 0. The summed E-state index contributed by atoms with van der Waals surface area (Å²) >= 11 is 0. The van der Waals surface area contributed by atoms with Crippen LogP contribution in [0.1, 0.15) is 84.0 Å². The molecule has 0 fully saturated rings. The van der Waals surface area contributed by atoms with Crippen molar-refractivity contribution < 1.29 is 0 Å². The predicted molar refractivity (Wildman–Crippen MR) is 73.7 cm³/mol. The fourth-order valence-electron chi connectivity index (χ4n) is 2.65. The van der Waals surface area contributed by atoms with Crippen molar-refractivity contribution >= 4 is 0 Å². The van der Waals surface area contributed by atoms with Crippen molar-refractivity contribution in [2.75, 3.05) is 0 Å². The first kappa shape index (κ1) is 13.8. The largest absolute Gasteiger partial charge is 0.0882 e. The summed E-state index contributed by atoms with van der Waals surface area (Å²) in [6, 6.07) is 0. The molecule has 0 saturated heterocycles. The van der Waals surface area contributed by atoms with Crippen LogP contribution in [0.3, 0.4) is 0 Å². The molecule has 0 heteroatoms. The Morgan fingerprint density at radius 3 is 2.06 bits per heavy atom. The molecule has 1 unspecified atom stereocenters. The molecule has 0 radical (unpaired) electrons. The fraction of sp³-hybridized carbons (Fsp3) is 0.875. The number of unbranched alkanes of at least 4 members (excludes halogenated alkanes) is 8. The van der Waals surface area contributed by atoms with Crippen LogP contribution < -0.4 is 0 Å². The van der Waals surface area contributed by atoms with E-state index in [9.17, 15) is 0 Å². The lowest BCUT2D eigenvalue weighted by Gasteiger charge is -2.06. The summed E-state index contributed by atoms with van der Waals surface area (Å²) in [7, 11) is 0. The molecule has 16 heavy (non-hydrogen) atoms. The molecule has 0 aromatic carbocycles. The molecular weight excluding hydrogens is 192 g/mol. The van der Waals surface area contributed by atoms with Crippen LogP contribution in [-0.2, 0) is 0 Å². The molecule has 1 atom stereocenters. The van der Waals surface area contributed by atoms with E-state index in [1.54, 1.807) is 0 Å². The molecule has 0 bridgehead atoms. The molecule has 0 heterocycles. The Labute approximate surface area is 103 Å². The van der Waals surface area contributed by atoms with E-state index < -0.39 is 0 Å². The molecule has 0 nitrogen and oxygen atoms in total. The van der Waals surface area contributed by atoms with Gasteiger partial charge in [0.15, 0.2) is 0 Å². The van der Waals surface area contributed by atoms with Gasteiger partial charge >= 0.3 is 0 Å². The zero-order chi connectivity index (χ0) is 11.5. The van der Waals surface area contributed by atoms with E-state index in [0.29, 0.717) is 0 Å². The van der Waals surface area contributed by atoms with Gasteiger partial charge in [0.05, 0.1) is 0 Å². The molecule has 94 valence electrons. The van der Waals surface area contributed by atoms with Crippen LogP contribution >= 0.6 is 0 Å². The van der Waals surface area contributed by atoms with Crippen LogP contribution in [0.4, 0.5) is 0 Å². The topological polar surface area (TPSA) is 0 Å². The second-order valence-electron chi connectivity index (χ2n) is 5.38. The van der Waals surface area contributed by atoms with Crippen LogP contribution in [0.25, 0.3) is 0 Å². The molecule has 0 aromatic rings. The lowest BCUT2D eigenvalue weighted by Crippen LogP contribution is -1.91.